The van der Waals surface area contributed by atoms with Gasteiger partial charge in [0.1, 0.15) is 11.3 Å². The Morgan fingerprint density at radius 1 is 1.29 bits per heavy atom. The number of ether oxygens (including phenoxy) is 1. The van der Waals surface area contributed by atoms with Gasteiger partial charge in [0.15, 0.2) is 0 Å². The van der Waals surface area contributed by atoms with E-state index in [-0.39, 0.29) is 12.3 Å². The Balaban J connectivity index is 1.65. The summed E-state index contributed by atoms with van der Waals surface area (Å²) in [7, 11) is 1.60. The average Bonchev–Trinajstić information content (AvgIpc) is 3.02. The molecule has 0 aliphatic rings. The highest BCUT2D eigenvalue weighted by Crippen LogP contribution is 2.25. The van der Waals surface area contributed by atoms with Crippen molar-refractivity contribution in [3.63, 3.8) is 0 Å². The summed E-state index contributed by atoms with van der Waals surface area (Å²) in [4.78, 5) is 12.2. The van der Waals surface area contributed by atoms with Crippen LogP contribution < -0.4 is 10.1 Å². The van der Waals surface area contributed by atoms with Gasteiger partial charge in [0.2, 0.25) is 5.91 Å². The summed E-state index contributed by atoms with van der Waals surface area (Å²) in [6.45, 7) is 0.387. The number of hydrogen-bond donors (Lipinski definition) is 1. The average molecular weight is 320 g/mol. The van der Waals surface area contributed by atoms with E-state index < -0.39 is 0 Å². The zero-order valence-corrected chi connectivity index (χ0v) is 13.2. The van der Waals surface area contributed by atoms with Gasteiger partial charge in [0.25, 0.3) is 0 Å². The molecule has 0 fully saturated rings. The zero-order chi connectivity index (χ0) is 16.9. The van der Waals surface area contributed by atoms with Gasteiger partial charge in [-0.3, -0.25) is 4.79 Å². The zero-order valence-electron chi connectivity index (χ0n) is 13.2. The maximum absolute atomic E-state index is 12.2. The molecule has 0 radical (unpaired) electrons. The van der Waals surface area contributed by atoms with Crippen molar-refractivity contribution in [1.82, 2.24) is 5.32 Å². The number of methoxy groups -OCH3 is 1. The molecule has 0 saturated heterocycles. The van der Waals surface area contributed by atoms with E-state index in [2.05, 4.69) is 11.4 Å². The molecule has 1 aromatic heterocycles. The van der Waals surface area contributed by atoms with Crippen LogP contribution in [-0.4, -0.2) is 13.0 Å². The van der Waals surface area contributed by atoms with Crippen molar-refractivity contribution in [1.29, 1.82) is 5.26 Å². The molecule has 0 unspecified atom stereocenters. The summed E-state index contributed by atoms with van der Waals surface area (Å²) >= 11 is 0. The summed E-state index contributed by atoms with van der Waals surface area (Å²) in [5.74, 6) is 0.612. The Morgan fingerprint density at radius 2 is 2.17 bits per heavy atom. The lowest BCUT2D eigenvalue weighted by atomic mass is 10.1. The van der Waals surface area contributed by atoms with Crippen LogP contribution in [0.2, 0.25) is 0 Å². The van der Waals surface area contributed by atoms with Gasteiger partial charge >= 0.3 is 0 Å². The molecule has 5 heteroatoms. The van der Waals surface area contributed by atoms with Crippen LogP contribution in [0.15, 0.2) is 53.1 Å². The van der Waals surface area contributed by atoms with Crippen LogP contribution in [0.3, 0.4) is 0 Å². The summed E-state index contributed by atoms with van der Waals surface area (Å²) in [5, 5.41) is 12.7. The molecular formula is C19H16N2O3. The van der Waals surface area contributed by atoms with Crippen molar-refractivity contribution in [3.05, 3.63) is 65.4 Å². The molecule has 0 saturated carbocycles. The minimum atomic E-state index is -0.101. The van der Waals surface area contributed by atoms with E-state index in [4.69, 9.17) is 14.4 Å². The van der Waals surface area contributed by atoms with Gasteiger partial charge in [-0.2, -0.15) is 5.26 Å². The number of amides is 1. The monoisotopic (exact) mass is 320 g/mol. The number of furan rings is 1. The summed E-state index contributed by atoms with van der Waals surface area (Å²) in [5.41, 5.74) is 3.00. The number of nitrogens with one attached hydrogen (secondary N) is 1. The van der Waals surface area contributed by atoms with Crippen molar-refractivity contribution in [2.24, 2.45) is 0 Å². The minimum Gasteiger partial charge on any atom is -0.497 e. The number of carbonyl (C=O) groups excluding carboxylic acids is 1. The van der Waals surface area contributed by atoms with Gasteiger partial charge in [0, 0.05) is 23.6 Å². The van der Waals surface area contributed by atoms with Crippen LogP contribution in [0, 0.1) is 11.3 Å². The molecule has 3 rings (SSSR count). The minimum absolute atomic E-state index is 0.101. The molecule has 0 aliphatic carbocycles. The van der Waals surface area contributed by atoms with E-state index in [1.54, 1.807) is 37.6 Å². The third-order valence-corrected chi connectivity index (χ3v) is 3.76. The molecule has 1 heterocycles. The third kappa shape index (κ3) is 3.39. The normalized spacial score (nSPS) is 10.3. The summed E-state index contributed by atoms with van der Waals surface area (Å²) < 4.78 is 10.6. The Bertz CT molecular complexity index is 922. The van der Waals surface area contributed by atoms with Crippen LogP contribution in [0.1, 0.15) is 16.7 Å². The van der Waals surface area contributed by atoms with Gasteiger partial charge in [-0.15, -0.1) is 0 Å². The Hall–Kier alpha value is -3.26. The Morgan fingerprint density at radius 3 is 2.96 bits per heavy atom. The lowest BCUT2D eigenvalue weighted by Gasteiger charge is -2.05. The van der Waals surface area contributed by atoms with Crippen molar-refractivity contribution in [2.75, 3.05) is 7.11 Å². The second kappa shape index (κ2) is 6.88. The maximum atomic E-state index is 12.2. The molecule has 5 nitrogen and oxygen atoms in total. The molecule has 0 atom stereocenters. The Labute approximate surface area is 139 Å². The van der Waals surface area contributed by atoms with Crippen LogP contribution in [0.4, 0.5) is 0 Å². The van der Waals surface area contributed by atoms with Gasteiger partial charge < -0.3 is 14.5 Å². The first-order valence-corrected chi connectivity index (χ1v) is 7.49. The Kier molecular flexibility index (Phi) is 4.48. The second-order valence-corrected chi connectivity index (χ2v) is 5.39. The lowest BCUT2D eigenvalue weighted by Crippen LogP contribution is -2.24. The molecule has 3 aromatic rings. The first-order chi connectivity index (χ1) is 11.7. The number of hydrogen-bond acceptors (Lipinski definition) is 4. The SMILES string of the molecule is COc1ccc2c(CC(=O)NCc3cccc(C#N)c3)coc2c1. The fourth-order valence-electron chi connectivity index (χ4n) is 2.51. The van der Waals surface area contributed by atoms with Crippen LogP contribution in [-0.2, 0) is 17.8 Å². The predicted molar refractivity (Wildman–Crippen MR) is 89.5 cm³/mol. The van der Waals surface area contributed by atoms with Crippen LogP contribution in [0.5, 0.6) is 5.75 Å². The second-order valence-electron chi connectivity index (χ2n) is 5.39. The van der Waals surface area contributed by atoms with E-state index in [0.29, 0.717) is 23.4 Å². The van der Waals surface area contributed by atoms with Crippen molar-refractivity contribution in [3.8, 4) is 11.8 Å². The van der Waals surface area contributed by atoms with Gasteiger partial charge in [-0.05, 0) is 29.8 Å². The molecule has 120 valence electrons. The van der Waals surface area contributed by atoms with E-state index in [1.165, 1.54) is 0 Å². The van der Waals surface area contributed by atoms with E-state index in [1.807, 2.05) is 18.2 Å². The van der Waals surface area contributed by atoms with Gasteiger partial charge in [0.05, 0.1) is 31.4 Å². The van der Waals surface area contributed by atoms with Crippen molar-refractivity contribution < 1.29 is 13.9 Å². The maximum Gasteiger partial charge on any atom is 0.224 e. The first-order valence-electron chi connectivity index (χ1n) is 7.49. The lowest BCUT2D eigenvalue weighted by molar-refractivity contribution is -0.120. The summed E-state index contributed by atoms with van der Waals surface area (Å²) in [6, 6.07) is 14.8. The van der Waals surface area contributed by atoms with Crippen LogP contribution in [0.25, 0.3) is 11.0 Å². The molecule has 0 bridgehead atoms. The molecule has 1 N–H and O–H groups in total. The number of rotatable bonds is 5. The van der Waals surface area contributed by atoms with Gasteiger partial charge in [-0.25, -0.2) is 0 Å². The highest BCUT2D eigenvalue weighted by Gasteiger charge is 2.11. The van der Waals surface area contributed by atoms with E-state index in [0.717, 1.165) is 16.5 Å². The fraction of sp³-hybridized carbons (Fsp3) is 0.158. The number of fused-ring (bicyclic) bond motifs is 1. The van der Waals surface area contributed by atoms with Crippen molar-refractivity contribution >= 4 is 16.9 Å². The van der Waals surface area contributed by atoms with Crippen LogP contribution >= 0.6 is 0 Å². The first kappa shape index (κ1) is 15.6. The third-order valence-electron chi connectivity index (χ3n) is 3.76. The molecular weight excluding hydrogens is 304 g/mol. The topological polar surface area (TPSA) is 75.3 Å². The number of nitrogens with zero attached hydrogens (tertiary/aromatic N) is 1. The standard InChI is InChI=1S/C19H16N2O3/c1-23-16-5-6-17-15(12-24-18(17)9-16)8-19(22)21-11-14-4-2-3-13(7-14)10-20/h2-7,9,12H,8,11H2,1H3,(H,21,22). The molecule has 2 aromatic carbocycles. The van der Waals surface area contributed by atoms with Gasteiger partial charge in [-0.1, -0.05) is 12.1 Å². The quantitative estimate of drug-likeness (QED) is 0.783. The van der Waals surface area contributed by atoms with Crippen molar-refractivity contribution in [2.45, 2.75) is 13.0 Å². The summed E-state index contributed by atoms with van der Waals surface area (Å²) in [6.07, 6.45) is 1.83. The highest BCUT2D eigenvalue weighted by molar-refractivity contribution is 5.88. The molecule has 1 amide bonds. The predicted octanol–water partition coefficient (Wildman–Crippen LogP) is 3.17. The number of benzene rings is 2. The fourth-order valence-corrected chi connectivity index (χ4v) is 2.51. The molecule has 0 spiro atoms. The molecule has 0 aliphatic heterocycles. The smallest absolute Gasteiger partial charge is 0.224 e. The number of carbonyl (C=O) groups is 1. The molecule has 24 heavy (non-hydrogen) atoms. The number of nitriles is 1. The van der Waals surface area contributed by atoms with E-state index >= 15 is 0 Å². The largest absolute Gasteiger partial charge is 0.497 e. The highest BCUT2D eigenvalue weighted by atomic mass is 16.5. The van der Waals surface area contributed by atoms with E-state index in [9.17, 15) is 4.79 Å².